The van der Waals surface area contributed by atoms with Crippen molar-refractivity contribution in [1.82, 2.24) is 4.90 Å². The first-order chi connectivity index (χ1) is 14.2. The van der Waals surface area contributed by atoms with Crippen molar-refractivity contribution in [3.05, 3.63) is 65.7 Å². The van der Waals surface area contributed by atoms with E-state index in [0.29, 0.717) is 17.9 Å². The minimum absolute atomic E-state index is 0.0221. The van der Waals surface area contributed by atoms with Crippen molar-refractivity contribution < 1.29 is 14.3 Å². The number of nitrogens with zero attached hydrogens (tertiary/aromatic N) is 1. The van der Waals surface area contributed by atoms with Gasteiger partial charge in [0, 0.05) is 18.8 Å². The predicted molar refractivity (Wildman–Crippen MR) is 115 cm³/mol. The fourth-order valence-electron chi connectivity index (χ4n) is 3.58. The first kappa shape index (κ1) is 21.1. The molecular weight excluding hydrogens is 364 g/mol. The van der Waals surface area contributed by atoms with E-state index < -0.39 is 0 Å². The Balaban J connectivity index is 1.50. The number of rotatable bonds is 8. The average molecular weight is 395 g/mol. The monoisotopic (exact) mass is 394 g/mol. The molecule has 3 rings (SSSR count). The maximum absolute atomic E-state index is 12.7. The molecule has 1 saturated heterocycles. The van der Waals surface area contributed by atoms with Crippen LogP contribution in [-0.4, -0.2) is 36.5 Å². The molecule has 1 aliphatic heterocycles. The Labute approximate surface area is 173 Å². The van der Waals surface area contributed by atoms with Gasteiger partial charge in [-0.2, -0.15) is 0 Å². The van der Waals surface area contributed by atoms with Crippen LogP contribution in [0, 0.1) is 5.92 Å². The molecule has 0 aliphatic carbocycles. The molecule has 5 heteroatoms. The zero-order valence-corrected chi connectivity index (χ0v) is 17.1. The zero-order chi connectivity index (χ0) is 20.5. The van der Waals surface area contributed by atoms with Gasteiger partial charge in [-0.1, -0.05) is 43.7 Å². The van der Waals surface area contributed by atoms with Gasteiger partial charge in [-0.15, -0.1) is 0 Å². The molecule has 1 aliphatic rings. The highest BCUT2D eigenvalue weighted by Crippen LogP contribution is 2.21. The Bertz CT molecular complexity index is 790. The molecule has 0 aromatic heterocycles. The highest BCUT2D eigenvalue weighted by atomic mass is 16.5. The van der Waals surface area contributed by atoms with Crippen LogP contribution >= 0.6 is 0 Å². The fraction of sp³-hybridized carbons (Fsp3) is 0.417. The Hall–Kier alpha value is -2.66. The highest BCUT2D eigenvalue weighted by Gasteiger charge is 2.25. The highest BCUT2D eigenvalue weighted by molar-refractivity contribution is 5.94. The van der Waals surface area contributed by atoms with Crippen molar-refractivity contribution in [2.75, 3.05) is 25.0 Å². The van der Waals surface area contributed by atoms with E-state index in [1.54, 1.807) is 24.3 Å². The molecule has 0 radical (unpaired) electrons. The van der Waals surface area contributed by atoms with Gasteiger partial charge in [-0.05, 0) is 55.6 Å². The van der Waals surface area contributed by atoms with Crippen LogP contribution in [0.3, 0.4) is 0 Å². The lowest BCUT2D eigenvalue weighted by Gasteiger charge is -2.32. The molecule has 29 heavy (non-hydrogen) atoms. The molecule has 0 bridgehead atoms. The molecule has 2 aromatic rings. The van der Waals surface area contributed by atoms with Gasteiger partial charge in [0.25, 0.3) is 0 Å². The number of ether oxygens (including phenoxy) is 1. The van der Waals surface area contributed by atoms with Gasteiger partial charge >= 0.3 is 5.97 Å². The molecule has 0 saturated carbocycles. The van der Waals surface area contributed by atoms with E-state index in [2.05, 4.69) is 29.3 Å². The van der Waals surface area contributed by atoms with Crippen molar-refractivity contribution in [3.63, 3.8) is 0 Å². The van der Waals surface area contributed by atoms with Gasteiger partial charge < -0.3 is 10.1 Å². The molecule has 0 spiro atoms. The number of amides is 1. The van der Waals surface area contributed by atoms with E-state index in [9.17, 15) is 9.59 Å². The summed E-state index contributed by atoms with van der Waals surface area (Å²) in [6.45, 7) is 5.16. The normalized spacial score (nSPS) is 16.9. The van der Waals surface area contributed by atoms with Crippen LogP contribution in [0.25, 0.3) is 0 Å². The van der Waals surface area contributed by atoms with Gasteiger partial charge in [0.2, 0.25) is 5.91 Å². The summed E-state index contributed by atoms with van der Waals surface area (Å²) >= 11 is 0. The maximum atomic E-state index is 12.7. The van der Waals surface area contributed by atoms with Crippen molar-refractivity contribution in [2.24, 2.45) is 5.92 Å². The second kappa shape index (κ2) is 10.8. The number of benzene rings is 2. The molecule has 154 valence electrons. The van der Waals surface area contributed by atoms with Crippen LogP contribution in [0.4, 0.5) is 5.69 Å². The fourth-order valence-corrected chi connectivity index (χ4v) is 3.58. The summed E-state index contributed by atoms with van der Waals surface area (Å²) in [5.41, 5.74) is 2.49. The van der Waals surface area contributed by atoms with Gasteiger partial charge in [0.15, 0.2) is 0 Å². The minimum atomic E-state index is -0.319. The van der Waals surface area contributed by atoms with E-state index in [0.717, 1.165) is 45.3 Å². The molecule has 1 fully saturated rings. The van der Waals surface area contributed by atoms with Gasteiger partial charge in [0.1, 0.15) is 0 Å². The second-order valence-electron chi connectivity index (χ2n) is 7.62. The number of esters is 1. The first-order valence-corrected chi connectivity index (χ1v) is 10.5. The SMILES string of the molecule is CCCCOC(=O)c1ccc(NC(=O)C2CCCN(Cc3ccccc3)C2)cc1. The Morgan fingerprint density at radius 1 is 1.10 bits per heavy atom. The van der Waals surface area contributed by atoms with Crippen LogP contribution in [0.5, 0.6) is 0 Å². The molecule has 2 aromatic carbocycles. The smallest absolute Gasteiger partial charge is 0.338 e. The number of hydrogen-bond acceptors (Lipinski definition) is 4. The molecule has 5 nitrogen and oxygen atoms in total. The largest absolute Gasteiger partial charge is 0.462 e. The molecule has 1 unspecified atom stereocenters. The van der Waals surface area contributed by atoms with Crippen LogP contribution in [0.15, 0.2) is 54.6 Å². The van der Waals surface area contributed by atoms with E-state index in [1.165, 1.54) is 5.56 Å². The van der Waals surface area contributed by atoms with Gasteiger partial charge in [-0.25, -0.2) is 4.79 Å². The quantitative estimate of drug-likeness (QED) is 0.529. The van der Waals surface area contributed by atoms with Gasteiger partial charge in [0.05, 0.1) is 18.1 Å². The van der Waals surface area contributed by atoms with Crippen LogP contribution in [0.1, 0.15) is 48.5 Å². The van der Waals surface area contributed by atoms with Crippen molar-refractivity contribution in [2.45, 2.75) is 39.2 Å². The summed E-state index contributed by atoms with van der Waals surface area (Å²) in [5.74, 6) is -0.299. The number of carbonyl (C=O) groups is 2. The molecular formula is C24H30N2O3. The summed E-state index contributed by atoms with van der Waals surface area (Å²) in [7, 11) is 0. The first-order valence-electron chi connectivity index (χ1n) is 10.5. The van der Waals surface area contributed by atoms with Crippen LogP contribution in [0.2, 0.25) is 0 Å². The van der Waals surface area contributed by atoms with E-state index >= 15 is 0 Å². The Morgan fingerprint density at radius 2 is 1.86 bits per heavy atom. The number of anilines is 1. The van der Waals surface area contributed by atoms with Crippen molar-refractivity contribution in [1.29, 1.82) is 0 Å². The topological polar surface area (TPSA) is 58.6 Å². The van der Waals surface area contributed by atoms with E-state index in [1.807, 2.05) is 18.2 Å². The number of carbonyl (C=O) groups excluding carboxylic acids is 2. The number of hydrogen-bond donors (Lipinski definition) is 1. The third-order valence-corrected chi connectivity index (χ3v) is 5.24. The average Bonchev–Trinajstić information content (AvgIpc) is 2.75. The van der Waals surface area contributed by atoms with Crippen LogP contribution in [-0.2, 0) is 16.1 Å². The second-order valence-corrected chi connectivity index (χ2v) is 7.62. The summed E-state index contributed by atoms with van der Waals surface area (Å²) in [5, 5.41) is 3.00. The lowest BCUT2D eigenvalue weighted by molar-refractivity contribution is -0.121. The third-order valence-electron chi connectivity index (χ3n) is 5.24. The number of piperidine rings is 1. The Morgan fingerprint density at radius 3 is 2.59 bits per heavy atom. The lowest BCUT2D eigenvalue weighted by atomic mass is 9.96. The van der Waals surface area contributed by atoms with Crippen LogP contribution < -0.4 is 5.32 Å². The number of likely N-dealkylation sites (tertiary alicyclic amines) is 1. The van der Waals surface area contributed by atoms with Crippen molar-refractivity contribution in [3.8, 4) is 0 Å². The lowest BCUT2D eigenvalue weighted by Crippen LogP contribution is -2.40. The number of nitrogens with one attached hydrogen (secondary N) is 1. The predicted octanol–water partition coefficient (Wildman–Crippen LogP) is 4.49. The maximum Gasteiger partial charge on any atom is 0.338 e. The van der Waals surface area contributed by atoms with E-state index in [-0.39, 0.29) is 17.8 Å². The molecule has 1 N–H and O–H groups in total. The van der Waals surface area contributed by atoms with E-state index in [4.69, 9.17) is 4.74 Å². The van der Waals surface area contributed by atoms with Crippen molar-refractivity contribution >= 4 is 17.6 Å². The Kier molecular flexibility index (Phi) is 7.82. The molecule has 1 atom stereocenters. The minimum Gasteiger partial charge on any atom is -0.462 e. The third kappa shape index (κ3) is 6.43. The zero-order valence-electron chi connectivity index (χ0n) is 17.1. The summed E-state index contributed by atoms with van der Waals surface area (Å²) in [6.07, 6.45) is 3.77. The number of unbranched alkanes of at least 4 members (excludes halogenated alkanes) is 1. The van der Waals surface area contributed by atoms with Gasteiger partial charge in [-0.3, -0.25) is 9.69 Å². The molecule has 1 heterocycles. The molecule has 1 amide bonds. The summed E-state index contributed by atoms with van der Waals surface area (Å²) in [4.78, 5) is 27.0. The summed E-state index contributed by atoms with van der Waals surface area (Å²) in [6, 6.07) is 17.3. The standard InChI is InChI=1S/C24H30N2O3/c1-2-3-16-29-24(28)20-11-13-22(14-12-20)25-23(27)21-10-7-15-26(18-21)17-19-8-5-4-6-9-19/h4-6,8-9,11-14,21H,2-3,7,10,15-18H2,1H3,(H,25,27). The summed E-state index contributed by atoms with van der Waals surface area (Å²) < 4.78 is 5.21.